The van der Waals surface area contributed by atoms with Crippen molar-refractivity contribution in [2.45, 2.75) is 25.2 Å². The Kier molecular flexibility index (Phi) is 4.46. The minimum Gasteiger partial charge on any atom is -0.497 e. The molecule has 6 nitrogen and oxygen atoms in total. The maximum Gasteiger partial charge on any atom is 0.232 e. The van der Waals surface area contributed by atoms with Gasteiger partial charge in [0.05, 0.1) is 19.2 Å². The maximum atomic E-state index is 12.2. The van der Waals surface area contributed by atoms with E-state index in [0.717, 1.165) is 27.0 Å². The minimum atomic E-state index is -0.120. The molecule has 0 spiro atoms. The van der Waals surface area contributed by atoms with Gasteiger partial charge >= 0.3 is 0 Å². The van der Waals surface area contributed by atoms with Crippen molar-refractivity contribution in [2.75, 3.05) is 12.4 Å². The number of nitrogens with zero attached hydrogens (tertiary/aromatic N) is 3. The number of carbonyl (C=O) groups is 1. The summed E-state index contributed by atoms with van der Waals surface area (Å²) in [5.41, 5.74) is 1.76. The SMILES string of the molecule is COc1ccc(-c2nc(CC(=O)Nc3nnc(C4CC4)s3)cs2)cc1. The van der Waals surface area contributed by atoms with E-state index in [0.29, 0.717) is 11.0 Å². The quantitative estimate of drug-likeness (QED) is 0.713. The molecule has 2 aromatic heterocycles. The summed E-state index contributed by atoms with van der Waals surface area (Å²) >= 11 is 2.99. The van der Waals surface area contributed by atoms with Crippen LogP contribution in [0.3, 0.4) is 0 Å². The summed E-state index contributed by atoms with van der Waals surface area (Å²) in [4.78, 5) is 16.7. The molecule has 3 aromatic rings. The van der Waals surface area contributed by atoms with E-state index < -0.39 is 0 Å². The smallest absolute Gasteiger partial charge is 0.232 e. The second kappa shape index (κ2) is 6.89. The summed E-state index contributed by atoms with van der Waals surface area (Å²) in [5, 5.41) is 15.4. The summed E-state index contributed by atoms with van der Waals surface area (Å²) in [6, 6.07) is 7.72. The van der Waals surface area contributed by atoms with Crippen LogP contribution in [0, 0.1) is 0 Å². The summed E-state index contributed by atoms with van der Waals surface area (Å²) in [5.74, 6) is 1.24. The lowest BCUT2D eigenvalue weighted by molar-refractivity contribution is -0.115. The summed E-state index contributed by atoms with van der Waals surface area (Å²) in [7, 11) is 1.64. The lowest BCUT2D eigenvalue weighted by atomic mass is 10.2. The van der Waals surface area contributed by atoms with Gasteiger partial charge in [0.2, 0.25) is 11.0 Å². The van der Waals surface area contributed by atoms with Gasteiger partial charge in [-0.15, -0.1) is 21.5 Å². The van der Waals surface area contributed by atoms with Gasteiger partial charge in [0, 0.05) is 16.9 Å². The van der Waals surface area contributed by atoms with Crippen molar-refractivity contribution in [3.8, 4) is 16.3 Å². The van der Waals surface area contributed by atoms with Crippen LogP contribution >= 0.6 is 22.7 Å². The number of benzene rings is 1. The Morgan fingerprint density at radius 3 is 2.80 bits per heavy atom. The van der Waals surface area contributed by atoms with E-state index in [1.54, 1.807) is 7.11 Å². The van der Waals surface area contributed by atoms with Crippen LogP contribution < -0.4 is 10.1 Å². The Labute approximate surface area is 152 Å². The van der Waals surface area contributed by atoms with Crippen molar-refractivity contribution in [2.24, 2.45) is 0 Å². The number of carbonyl (C=O) groups excluding carboxylic acids is 1. The molecule has 0 unspecified atom stereocenters. The van der Waals surface area contributed by atoms with E-state index in [9.17, 15) is 4.79 Å². The largest absolute Gasteiger partial charge is 0.497 e. The molecule has 1 saturated carbocycles. The number of hydrogen-bond acceptors (Lipinski definition) is 7. The Balaban J connectivity index is 1.38. The predicted octanol–water partition coefficient (Wildman–Crippen LogP) is 3.73. The van der Waals surface area contributed by atoms with Crippen LogP contribution in [0.5, 0.6) is 5.75 Å². The molecule has 0 atom stereocenters. The number of hydrogen-bond donors (Lipinski definition) is 1. The molecule has 1 fully saturated rings. The molecule has 1 amide bonds. The first-order chi connectivity index (χ1) is 12.2. The molecular weight excluding hydrogens is 356 g/mol. The van der Waals surface area contributed by atoms with Crippen molar-refractivity contribution in [1.82, 2.24) is 15.2 Å². The maximum absolute atomic E-state index is 12.2. The normalized spacial score (nSPS) is 13.6. The van der Waals surface area contributed by atoms with Gasteiger partial charge in [0.25, 0.3) is 0 Å². The lowest BCUT2D eigenvalue weighted by Gasteiger charge is -2.00. The first kappa shape index (κ1) is 16.2. The number of aromatic nitrogens is 3. The third-order valence-corrected chi connectivity index (χ3v) is 5.79. The molecule has 0 aliphatic heterocycles. The fourth-order valence-corrected chi connectivity index (χ4v) is 4.12. The standard InChI is InChI=1S/C17H16N4O2S2/c1-23-13-6-4-10(5-7-13)15-18-12(9-24-15)8-14(22)19-17-21-20-16(25-17)11-2-3-11/h4-7,9,11H,2-3,8H2,1H3,(H,19,21,22). The van der Waals surface area contributed by atoms with Crippen LogP contribution in [0.1, 0.15) is 29.5 Å². The number of anilines is 1. The zero-order valence-corrected chi connectivity index (χ0v) is 15.2. The average Bonchev–Trinajstić information content (AvgIpc) is 3.20. The third kappa shape index (κ3) is 3.85. The fraction of sp³-hybridized carbons (Fsp3) is 0.294. The summed E-state index contributed by atoms with van der Waals surface area (Å²) < 4.78 is 5.16. The highest BCUT2D eigenvalue weighted by Crippen LogP contribution is 2.42. The van der Waals surface area contributed by atoms with Crippen molar-refractivity contribution >= 4 is 33.7 Å². The lowest BCUT2D eigenvalue weighted by Crippen LogP contribution is -2.14. The van der Waals surface area contributed by atoms with Gasteiger partial charge in [-0.1, -0.05) is 11.3 Å². The Morgan fingerprint density at radius 2 is 2.08 bits per heavy atom. The van der Waals surface area contributed by atoms with E-state index >= 15 is 0 Å². The second-order valence-corrected chi connectivity index (χ2v) is 7.68. The van der Waals surface area contributed by atoms with Crippen LogP contribution in [0.2, 0.25) is 0 Å². The molecule has 8 heteroatoms. The Morgan fingerprint density at radius 1 is 1.28 bits per heavy atom. The molecule has 0 radical (unpaired) electrons. The first-order valence-corrected chi connectivity index (χ1v) is 9.63. The molecule has 25 heavy (non-hydrogen) atoms. The zero-order valence-electron chi connectivity index (χ0n) is 13.6. The molecule has 0 bridgehead atoms. The fourth-order valence-electron chi connectivity index (χ4n) is 2.36. The van der Waals surface area contributed by atoms with E-state index in [1.807, 2.05) is 29.6 Å². The average molecular weight is 372 g/mol. The molecule has 4 rings (SSSR count). The van der Waals surface area contributed by atoms with Gasteiger partial charge in [0.1, 0.15) is 15.8 Å². The van der Waals surface area contributed by atoms with E-state index in [4.69, 9.17) is 4.74 Å². The summed E-state index contributed by atoms with van der Waals surface area (Å²) in [6.45, 7) is 0. The second-order valence-electron chi connectivity index (χ2n) is 5.82. The van der Waals surface area contributed by atoms with Gasteiger partial charge in [-0.3, -0.25) is 4.79 Å². The van der Waals surface area contributed by atoms with E-state index in [2.05, 4.69) is 20.5 Å². The van der Waals surface area contributed by atoms with Crippen molar-refractivity contribution < 1.29 is 9.53 Å². The van der Waals surface area contributed by atoms with Crippen LogP contribution in [-0.4, -0.2) is 28.2 Å². The number of amides is 1. The van der Waals surface area contributed by atoms with Gasteiger partial charge < -0.3 is 10.1 Å². The molecule has 1 aliphatic rings. The van der Waals surface area contributed by atoms with Gasteiger partial charge in [-0.2, -0.15) is 0 Å². The number of ether oxygens (including phenoxy) is 1. The minimum absolute atomic E-state index is 0.120. The predicted molar refractivity (Wildman–Crippen MR) is 98.3 cm³/mol. The topological polar surface area (TPSA) is 77.0 Å². The van der Waals surface area contributed by atoms with Crippen LogP contribution in [0.25, 0.3) is 10.6 Å². The van der Waals surface area contributed by atoms with E-state index in [-0.39, 0.29) is 12.3 Å². The molecule has 1 aromatic carbocycles. The molecule has 0 saturated heterocycles. The molecule has 128 valence electrons. The monoisotopic (exact) mass is 372 g/mol. The van der Waals surface area contributed by atoms with Crippen molar-refractivity contribution in [1.29, 1.82) is 0 Å². The van der Waals surface area contributed by atoms with Gasteiger partial charge in [-0.05, 0) is 37.1 Å². The van der Waals surface area contributed by atoms with Crippen LogP contribution in [-0.2, 0) is 11.2 Å². The van der Waals surface area contributed by atoms with Crippen LogP contribution in [0.4, 0.5) is 5.13 Å². The number of thiazole rings is 1. The highest BCUT2D eigenvalue weighted by atomic mass is 32.1. The highest BCUT2D eigenvalue weighted by Gasteiger charge is 2.27. The summed E-state index contributed by atoms with van der Waals surface area (Å²) in [6.07, 6.45) is 2.58. The number of rotatable bonds is 6. The molecule has 1 aliphatic carbocycles. The third-order valence-electron chi connectivity index (χ3n) is 3.84. The first-order valence-electron chi connectivity index (χ1n) is 7.93. The van der Waals surface area contributed by atoms with Crippen molar-refractivity contribution in [3.05, 3.63) is 40.3 Å². The van der Waals surface area contributed by atoms with Crippen molar-refractivity contribution in [3.63, 3.8) is 0 Å². The molecule has 1 N–H and O–H groups in total. The van der Waals surface area contributed by atoms with Gasteiger partial charge in [0.15, 0.2) is 0 Å². The molecular formula is C17H16N4O2S2. The van der Waals surface area contributed by atoms with Crippen LogP contribution in [0.15, 0.2) is 29.6 Å². The number of methoxy groups -OCH3 is 1. The Bertz CT molecular complexity index is 884. The number of nitrogens with one attached hydrogen (secondary N) is 1. The zero-order chi connectivity index (χ0) is 17.2. The highest BCUT2D eigenvalue weighted by molar-refractivity contribution is 7.15. The Hall–Kier alpha value is -2.32. The van der Waals surface area contributed by atoms with E-state index in [1.165, 1.54) is 35.5 Å². The van der Waals surface area contributed by atoms with Gasteiger partial charge in [-0.25, -0.2) is 4.98 Å². The molecule has 2 heterocycles.